The molecular formula is C18H21O4P. The quantitative estimate of drug-likeness (QED) is 0.718. The van der Waals surface area contributed by atoms with Gasteiger partial charge in [0.1, 0.15) is 5.75 Å². The molecule has 0 bridgehead atoms. The first-order chi connectivity index (χ1) is 10.8. The second kappa shape index (κ2) is 7.01. The Morgan fingerprint density at radius 3 is 2.13 bits per heavy atom. The highest BCUT2D eigenvalue weighted by molar-refractivity contribution is 7.54. The predicted octanol–water partition coefficient (Wildman–Crippen LogP) is 5.06. The van der Waals surface area contributed by atoms with Gasteiger partial charge in [0, 0.05) is 0 Å². The Bertz CT molecular complexity index is 730. The van der Waals surface area contributed by atoms with E-state index in [0.717, 1.165) is 16.7 Å². The summed E-state index contributed by atoms with van der Waals surface area (Å²) in [5, 5.41) is 0. The van der Waals surface area contributed by atoms with Crippen LogP contribution in [-0.2, 0) is 9.09 Å². The zero-order valence-corrected chi connectivity index (χ0v) is 14.7. The molecule has 0 aromatic heterocycles. The Kier molecular flexibility index (Phi) is 5.27. The SMILES string of the molecule is CCP(=O)(OC(=O)c1c(C)cc(C)cc1C)Oc1ccccc1. The molecular weight excluding hydrogens is 311 g/mol. The highest BCUT2D eigenvalue weighted by Crippen LogP contribution is 2.48. The van der Waals surface area contributed by atoms with Crippen LogP contribution in [0.3, 0.4) is 0 Å². The van der Waals surface area contributed by atoms with Gasteiger partial charge >= 0.3 is 13.6 Å². The lowest BCUT2D eigenvalue weighted by Gasteiger charge is -2.19. The Morgan fingerprint density at radius 1 is 1.04 bits per heavy atom. The van der Waals surface area contributed by atoms with Crippen LogP contribution in [0.1, 0.15) is 34.0 Å². The van der Waals surface area contributed by atoms with Gasteiger partial charge in [0.05, 0.1) is 11.7 Å². The standard InChI is InChI=1S/C18H21O4P/c1-5-23(20,21-16-9-7-6-8-10-16)22-18(19)17-14(3)11-13(2)12-15(17)4/h6-12H,5H2,1-4H3. The predicted molar refractivity (Wildman–Crippen MR) is 91.3 cm³/mol. The second-order valence-electron chi connectivity index (χ2n) is 5.48. The van der Waals surface area contributed by atoms with Crippen LogP contribution in [0.2, 0.25) is 0 Å². The summed E-state index contributed by atoms with van der Waals surface area (Å²) in [6, 6.07) is 12.5. The highest BCUT2D eigenvalue weighted by atomic mass is 31.2. The summed E-state index contributed by atoms with van der Waals surface area (Å²) in [6.45, 7) is 7.31. The van der Waals surface area contributed by atoms with E-state index in [1.165, 1.54) is 0 Å². The zero-order chi connectivity index (χ0) is 17.0. The minimum absolute atomic E-state index is 0.109. The molecule has 1 atom stereocenters. The number of hydrogen-bond donors (Lipinski definition) is 0. The third-order valence-electron chi connectivity index (χ3n) is 3.48. The molecule has 0 aliphatic rings. The summed E-state index contributed by atoms with van der Waals surface area (Å²) in [5.74, 6) is -0.191. The largest absolute Gasteiger partial charge is 0.432 e. The van der Waals surface area contributed by atoms with Gasteiger partial charge in [-0.1, -0.05) is 42.8 Å². The normalized spacial score (nSPS) is 13.2. The Labute approximate surface area is 137 Å². The number of rotatable bonds is 5. The Morgan fingerprint density at radius 2 is 1.61 bits per heavy atom. The van der Waals surface area contributed by atoms with Gasteiger partial charge in [-0.2, -0.15) is 0 Å². The lowest BCUT2D eigenvalue weighted by molar-refractivity contribution is 0.0719. The summed E-state index contributed by atoms with van der Waals surface area (Å²) >= 11 is 0. The summed E-state index contributed by atoms with van der Waals surface area (Å²) in [5.41, 5.74) is 3.11. The molecule has 0 aliphatic heterocycles. The average Bonchev–Trinajstić information content (AvgIpc) is 2.47. The molecule has 0 N–H and O–H groups in total. The smallest absolute Gasteiger partial charge is 0.416 e. The molecule has 5 heteroatoms. The molecule has 2 aromatic carbocycles. The first kappa shape index (κ1) is 17.3. The number of carbonyl (C=O) groups is 1. The number of para-hydroxylation sites is 1. The van der Waals surface area contributed by atoms with E-state index >= 15 is 0 Å². The first-order valence-corrected chi connectivity index (χ1v) is 9.23. The van der Waals surface area contributed by atoms with Crippen molar-refractivity contribution in [2.75, 3.05) is 6.16 Å². The molecule has 122 valence electrons. The van der Waals surface area contributed by atoms with Crippen molar-refractivity contribution in [3.8, 4) is 5.75 Å². The molecule has 0 spiro atoms. The highest BCUT2D eigenvalue weighted by Gasteiger charge is 2.30. The molecule has 4 nitrogen and oxygen atoms in total. The van der Waals surface area contributed by atoms with Gasteiger partial charge in [-0.25, -0.2) is 9.36 Å². The molecule has 0 amide bonds. The van der Waals surface area contributed by atoms with Crippen LogP contribution < -0.4 is 4.52 Å². The monoisotopic (exact) mass is 332 g/mol. The lowest BCUT2D eigenvalue weighted by atomic mass is 10.0. The number of benzene rings is 2. The van der Waals surface area contributed by atoms with Crippen LogP contribution in [0.15, 0.2) is 42.5 Å². The van der Waals surface area contributed by atoms with Crippen LogP contribution in [-0.4, -0.2) is 12.1 Å². The molecule has 2 aromatic rings. The van der Waals surface area contributed by atoms with Gasteiger partial charge in [-0.15, -0.1) is 0 Å². The van der Waals surface area contributed by atoms with E-state index in [2.05, 4.69) is 0 Å². The molecule has 1 unspecified atom stereocenters. The molecule has 0 aliphatic carbocycles. The summed E-state index contributed by atoms with van der Waals surface area (Å²) in [7, 11) is -3.54. The Hall–Kier alpha value is -2.06. The summed E-state index contributed by atoms with van der Waals surface area (Å²) in [4.78, 5) is 12.5. The molecule has 0 saturated carbocycles. The van der Waals surface area contributed by atoms with E-state index in [-0.39, 0.29) is 6.16 Å². The van der Waals surface area contributed by atoms with E-state index in [4.69, 9.17) is 9.05 Å². The van der Waals surface area contributed by atoms with Crippen LogP contribution >= 0.6 is 7.60 Å². The molecule has 0 heterocycles. The number of hydrogen-bond acceptors (Lipinski definition) is 4. The molecule has 0 radical (unpaired) electrons. The third-order valence-corrected chi connectivity index (χ3v) is 5.19. The van der Waals surface area contributed by atoms with Crippen LogP contribution in [0.4, 0.5) is 0 Å². The van der Waals surface area contributed by atoms with Crippen molar-refractivity contribution in [2.45, 2.75) is 27.7 Å². The first-order valence-electron chi connectivity index (χ1n) is 7.50. The van der Waals surface area contributed by atoms with E-state index in [1.807, 2.05) is 39.0 Å². The maximum atomic E-state index is 12.8. The van der Waals surface area contributed by atoms with Gasteiger partial charge in [-0.05, 0) is 44.0 Å². The second-order valence-corrected chi connectivity index (χ2v) is 7.70. The summed E-state index contributed by atoms with van der Waals surface area (Å²) in [6.07, 6.45) is 0.109. The van der Waals surface area contributed by atoms with Gasteiger partial charge < -0.3 is 9.05 Å². The molecule has 23 heavy (non-hydrogen) atoms. The zero-order valence-electron chi connectivity index (χ0n) is 13.8. The fourth-order valence-corrected chi connectivity index (χ4v) is 3.55. The lowest BCUT2D eigenvalue weighted by Crippen LogP contribution is -2.11. The fourth-order valence-electron chi connectivity index (χ4n) is 2.46. The van der Waals surface area contributed by atoms with Crippen LogP contribution in [0.25, 0.3) is 0 Å². The van der Waals surface area contributed by atoms with Gasteiger partial charge in [0.25, 0.3) is 0 Å². The average molecular weight is 332 g/mol. The van der Waals surface area contributed by atoms with Crippen molar-refractivity contribution in [3.63, 3.8) is 0 Å². The topological polar surface area (TPSA) is 52.6 Å². The van der Waals surface area contributed by atoms with Crippen molar-refractivity contribution < 1.29 is 18.4 Å². The van der Waals surface area contributed by atoms with Gasteiger partial charge in [0.2, 0.25) is 0 Å². The van der Waals surface area contributed by atoms with Crippen molar-refractivity contribution in [3.05, 3.63) is 64.7 Å². The summed E-state index contributed by atoms with van der Waals surface area (Å²) < 4.78 is 23.5. The van der Waals surface area contributed by atoms with Crippen LogP contribution in [0, 0.1) is 20.8 Å². The maximum absolute atomic E-state index is 12.8. The van der Waals surface area contributed by atoms with E-state index < -0.39 is 13.6 Å². The Balaban J connectivity index is 2.25. The van der Waals surface area contributed by atoms with Gasteiger partial charge in [0.15, 0.2) is 0 Å². The van der Waals surface area contributed by atoms with Crippen molar-refractivity contribution in [2.24, 2.45) is 0 Å². The van der Waals surface area contributed by atoms with E-state index in [9.17, 15) is 9.36 Å². The third kappa shape index (κ3) is 4.23. The van der Waals surface area contributed by atoms with Crippen molar-refractivity contribution in [1.29, 1.82) is 0 Å². The maximum Gasteiger partial charge on any atom is 0.432 e. The van der Waals surface area contributed by atoms with Crippen molar-refractivity contribution >= 4 is 13.6 Å². The molecule has 0 fully saturated rings. The molecule has 2 rings (SSSR count). The van der Waals surface area contributed by atoms with E-state index in [1.54, 1.807) is 31.2 Å². The molecule has 0 saturated heterocycles. The fraction of sp³-hybridized carbons (Fsp3) is 0.278. The number of aryl methyl sites for hydroxylation is 3. The minimum Gasteiger partial charge on any atom is -0.416 e. The number of carbonyl (C=O) groups excluding carboxylic acids is 1. The van der Waals surface area contributed by atoms with Crippen molar-refractivity contribution in [1.82, 2.24) is 0 Å². The van der Waals surface area contributed by atoms with Gasteiger partial charge in [-0.3, -0.25) is 0 Å². The van der Waals surface area contributed by atoms with Crippen LogP contribution in [0.5, 0.6) is 5.75 Å². The van der Waals surface area contributed by atoms with E-state index in [0.29, 0.717) is 11.3 Å². The minimum atomic E-state index is -3.54.